The third kappa shape index (κ3) is 1.84. The molecule has 0 spiro atoms. The van der Waals surface area contributed by atoms with Crippen LogP contribution in [0.5, 0.6) is 0 Å². The Kier molecular flexibility index (Phi) is 2.14. The molecule has 0 aliphatic carbocycles. The van der Waals surface area contributed by atoms with Gasteiger partial charge in [-0.05, 0) is 19.8 Å². The molecule has 10 heavy (non-hydrogen) atoms. The molecule has 58 valence electrons. The summed E-state index contributed by atoms with van der Waals surface area (Å²) in [6.07, 6.45) is 2.13. The second-order valence-electron chi connectivity index (χ2n) is 2.71. The highest BCUT2D eigenvalue weighted by atomic mass is 32.2. The summed E-state index contributed by atoms with van der Waals surface area (Å²) in [4.78, 5) is 0. The minimum absolute atomic E-state index is 0.701. The summed E-state index contributed by atoms with van der Waals surface area (Å²) in [5, 5.41) is 0. The number of hydrogen-bond donors (Lipinski definition) is 0. The van der Waals surface area contributed by atoms with Crippen LogP contribution in [0.1, 0.15) is 19.8 Å². The summed E-state index contributed by atoms with van der Waals surface area (Å²) in [6.45, 7) is 5.41. The van der Waals surface area contributed by atoms with Crippen LogP contribution in [0.2, 0.25) is 0 Å². The van der Waals surface area contributed by atoms with E-state index >= 15 is 0 Å². The SMILES string of the molecule is C=C(C)N=S1(=O)CCCC1. The molecule has 0 radical (unpaired) electrons. The third-order valence-electron chi connectivity index (χ3n) is 1.50. The van der Waals surface area contributed by atoms with Crippen LogP contribution in [0.25, 0.3) is 0 Å². The molecule has 1 aliphatic rings. The highest BCUT2D eigenvalue weighted by Crippen LogP contribution is 2.14. The molecule has 1 aliphatic heterocycles. The molecule has 1 heterocycles. The van der Waals surface area contributed by atoms with E-state index in [0.717, 1.165) is 24.3 Å². The van der Waals surface area contributed by atoms with E-state index in [2.05, 4.69) is 10.9 Å². The summed E-state index contributed by atoms with van der Waals surface area (Å²) >= 11 is 0. The average Bonchev–Trinajstić information content (AvgIpc) is 2.12. The Morgan fingerprint density at radius 3 is 2.40 bits per heavy atom. The molecule has 0 N–H and O–H groups in total. The van der Waals surface area contributed by atoms with Gasteiger partial charge in [0.1, 0.15) is 0 Å². The van der Waals surface area contributed by atoms with E-state index in [9.17, 15) is 4.21 Å². The van der Waals surface area contributed by atoms with Crippen molar-refractivity contribution in [2.45, 2.75) is 19.8 Å². The van der Waals surface area contributed by atoms with Gasteiger partial charge in [0.05, 0.1) is 9.73 Å². The summed E-state index contributed by atoms with van der Waals surface area (Å²) in [7, 11) is -1.83. The molecular weight excluding hydrogens is 146 g/mol. The maximum atomic E-state index is 11.6. The van der Waals surface area contributed by atoms with Crippen LogP contribution in [-0.4, -0.2) is 15.7 Å². The third-order valence-corrected chi connectivity index (χ3v) is 4.00. The summed E-state index contributed by atoms with van der Waals surface area (Å²) < 4.78 is 15.6. The predicted octanol–water partition coefficient (Wildman–Crippen LogP) is 1.78. The minimum Gasteiger partial charge on any atom is -0.249 e. The quantitative estimate of drug-likeness (QED) is 0.573. The highest BCUT2D eigenvalue weighted by Gasteiger charge is 2.15. The van der Waals surface area contributed by atoms with Crippen LogP contribution < -0.4 is 0 Å². The van der Waals surface area contributed by atoms with E-state index in [-0.39, 0.29) is 0 Å². The smallest absolute Gasteiger partial charge is 0.0512 e. The minimum atomic E-state index is -1.83. The molecule has 1 fully saturated rings. The van der Waals surface area contributed by atoms with Gasteiger partial charge in [0, 0.05) is 17.2 Å². The Bertz CT molecular complexity index is 236. The molecule has 2 nitrogen and oxygen atoms in total. The molecule has 0 amide bonds. The van der Waals surface area contributed by atoms with Crippen LogP contribution in [0.4, 0.5) is 0 Å². The monoisotopic (exact) mass is 159 g/mol. The number of nitrogens with zero attached hydrogens (tertiary/aromatic N) is 1. The number of allylic oxidation sites excluding steroid dienone is 1. The lowest BCUT2D eigenvalue weighted by Gasteiger charge is -1.97. The molecule has 0 aromatic rings. The van der Waals surface area contributed by atoms with Gasteiger partial charge in [-0.3, -0.25) is 0 Å². The van der Waals surface area contributed by atoms with Crippen LogP contribution in [0, 0.1) is 0 Å². The Morgan fingerprint density at radius 1 is 1.50 bits per heavy atom. The first-order valence-corrected chi connectivity index (χ1v) is 5.36. The van der Waals surface area contributed by atoms with E-state index in [1.165, 1.54) is 0 Å². The Balaban J connectivity index is 2.87. The summed E-state index contributed by atoms with van der Waals surface area (Å²) in [5.41, 5.74) is 0.701. The van der Waals surface area contributed by atoms with Crippen molar-refractivity contribution >= 4 is 9.73 Å². The van der Waals surface area contributed by atoms with Crippen molar-refractivity contribution in [2.24, 2.45) is 4.36 Å². The van der Waals surface area contributed by atoms with E-state index in [4.69, 9.17) is 0 Å². The first-order valence-electron chi connectivity index (χ1n) is 3.50. The molecule has 0 aromatic heterocycles. The fourth-order valence-corrected chi connectivity index (χ4v) is 3.40. The van der Waals surface area contributed by atoms with Crippen molar-refractivity contribution in [3.63, 3.8) is 0 Å². The van der Waals surface area contributed by atoms with Crippen LogP contribution >= 0.6 is 0 Å². The van der Waals surface area contributed by atoms with Gasteiger partial charge in [-0.1, -0.05) is 6.58 Å². The maximum Gasteiger partial charge on any atom is 0.0512 e. The maximum absolute atomic E-state index is 11.6. The van der Waals surface area contributed by atoms with Crippen molar-refractivity contribution in [1.29, 1.82) is 0 Å². The number of rotatable bonds is 1. The lowest BCUT2D eigenvalue weighted by Crippen LogP contribution is -1.99. The van der Waals surface area contributed by atoms with Crippen molar-refractivity contribution < 1.29 is 4.21 Å². The van der Waals surface area contributed by atoms with E-state index < -0.39 is 9.73 Å². The molecule has 0 atom stereocenters. The molecule has 0 unspecified atom stereocenters. The van der Waals surface area contributed by atoms with Gasteiger partial charge in [0.2, 0.25) is 0 Å². The zero-order chi connectivity index (χ0) is 7.61. The largest absolute Gasteiger partial charge is 0.249 e. The fraction of sp³-hybridized carbons (Fsp3) is 0.714. The van der Waals surface area contributed by atoms with Crippen molar-refractivity contribution in [1.82, 2.24) is 0 Å². The molecule has 0 aromatic carbocycles. The van der Waals surface area contributed by atoms with Crippen LogP contribution in [0.3, 0.4) is 0 Å². The van der Waals surface area contributed by atoms with Crippen molar-refractivity contribution in [3.8, 4) is 0 Å². The van der Waals surface area contributed by atoms with E-state index in [1.807, 2.05) is 0 Å². The van der Waals surface area contributed by atoms with Gasteiger partial charge in [0.15, 0.2) is 0 Å². The van der Waals surface area contributed by atoms with E-state index in [0.29, 0.717) is 5.70 Å². The standard InChI is InChI=1S/C7H13NOS/c1-7(2)8-10(9)5-3-4-6-10/h1,3-6H2,2H3. The highest BCUT2D eigenvalue weighted by molar-refractivity contribution is 7.93. The Labute approximate surface area is 62.5 Å². The molecule has 1 rings (SSSR count). The molecule has 3 heteroatoms. The second kappa shape index (κ2) is 2.74. The molecular formula is C7H13NOS. The van der Waals surface area contributed by atoms with Gasteiger partial charge >= 0.3 is 0 Å². The normalized spacial score (nSPS) is 22.5. The van der Waals surface area contributed by atoms with Crippen molar-refractivity contribution in [3.05, 3.63) is 12.3 Å². The second-order valence-corrected chi connectivity index (χ2v) is 5.26. The topological polar surface area (TPSA) is 29.4 Å². The molecule has 0 saturated carbocycles. The van der Waals surface area contributed by atoms with E-state index in [1.54, 1.807) is 6.92 Å². The first-order chi connectivity index (χ1) is 4.62. The molecule has 1 saturated heterocycles. The lowest BCUT2D eigenvalue weighted by molar-refractivity contribution is 0.680. The Morgan fingerprint density at radius 2 is 2.00 bits per heavy atom. The zero-order valence-electron chi connectivity index (χ0n) is 6.30. The average molecular weight is 159 g/mol. The zero-order valence-corrected chi connectivity index (χ0v) is 7.12. The lowest BCUT2D eigenvalue weighted by atomic mass is 10.4. The molecule has 0 bridgehead atoms. The van der Waals surface area contributed by atoms with Gasteiger partial charge in [-0.2, -0.15) is 0 Å². The van der Waals surface area contributed by atoms with Crippen LogP contribution in [0.15, 0.2) is 16.6 Å². The van der Waals surface area contributed by atoms with Gasteiger partial charge in [-0.25, -0.2) is 8.57 Å². The summed E-state index contributed by atoms with van der Waals surface area (Å²) in [6, 6.07) is 0. The van der Waals surface area contributed by atoms with Crippen LogP contribution in [-0.2, 0) is 9.73 Å². The van der Waals surface area contributed by atoms with Gasteiger partial charge in [0.25, 0.3) is 0 Å². The first kappa shape index (κ1) is 7.79. The van der Waals surface area contributed by atoms with Gasteiger partial charge in [-0.15, -0.1) is 0 Å². The number of hydrogen-bond acceptors (Lipinski definition) is 2. The predicted molar refractivity (Wildman–Crippen MR) is 44.4 cm³/mol. The fourth-order valence-electron chi connectivity index (χ4n) is 1.13. The summed E-state index contributed by atoms with van der Waals surface area (Å²) in [5.74, 6) is 1.56. The van der Waals surface area contributed by atoms with Gasteiger partial charge < -0.3 is 0 Å². The van der Waals surface area contributed by atoms with Crippen molar-refractivity contribution in [2.75, 3.05) is 11.5 Å². The Hall–Kier alpha value is -0.310.